The number of hydrogen-bond acceptors (Lipinski definition) is 6. The smallest absolute Gasteiger partial charge is 0.178 e. The summed E-state index contributed by atoms with van der Waals surface area (Å²) < 4.78 is 5.68. The topological polar surface area (TPSA) is 110 Å². The monoisotopic (exact) mass is 451 g/mol. The molecule has 3 saturated carbocycles. The second-order valence-electron chi connectivity index (χ2n) is 10.8. The molecule has 6 heteroatoms. The van der Waals surface area contributed by atoms with Crippen LogP contribution in [0.5, 0.6) is 5.75 Å². The fourth-order valence-electron chi connectivity index (χ4n) is 7.61. The highest BCUT2D eigenvalue weighted by Crippen LogP contribution is 2.64. The van der Waals surface area contributed by atoms with E-state index in [1.807, 2.05) is 6.08 Å². The summed E-state index contributed by atoms with van der Waals surface area (Å²) in [6, 6.07) is 6.89. The molecule has 0 aliphatic heterocycles. The van der Waals surface area contributed by atoms with E-state index in [-0.39, 0.29) is 48.3 Å². The minimum absolute atomic E-state index is 0.00205. The molecule has 4 N–H and O–H groups in total. The third-order valence-electron chi connectivity index (χ3n) is 8.95. The molecular formula is C27H33NO5. The average molecular weight is 452 g/mol. The first-order valence-corrected chi connectivity index (χ1v) is 12.0. The van der Waals surface area contributed by atoms with Gasteiger partial charge in [0.1, 0.15) is 12.4 Å². The number of hydrogen-bond donors (Lipinski definition) is 3. The number of ketones is 2. The molecule has 4 aliphatic carbocycles. The number of fused-ring (bicyclic) bond motifs is 5. The molecule has 0 saturated heterocycles. The lowest BCUT2D eigenvalue weighted by Crippen LogP contribution is -2.61. The van der Waals surface area contributed by atoms with Gasteiger partial charge < -0.3 is 20.7 Å². The molecular weight excluding hydrogens is 418 g/mol. The molecule has 0 bridgehead atoms. The van der Waals surface area contributed by atoms with Crippen LogP contribution in [0.1, 0.15) is 39.5 Å². The Balaban J connectivity index is 1.38. The minimum atomic E-state index is -1.23. The summed E-state index contributed by atoms with van der Waals surface area (Å²) in [6.07, 6.45) is 6.91. The van der Waals surface area contributed by atoms with E-state index >= 15 is 0 Å². The molecule has 0 amide bonds. The SMILES string of the molecule is C[C@H]1C[C@@H]2C([C@@H](O)C[C@@]3(O)C2CC[C@@H]3C(=O)COc2ccc(N)cc2)[C@@]2(C)C=CC(=O)C=C12. The first-order valence-electron chi connectivity index (χ1n) is 12.0. The van der Waals surface area contributed by atoms with Gasteiger partial charge >= 0.3 is 0 Å². The Morgan fingerprint density at radius 1 is 1.24 bits per heavy atom. The van der Waals surface area contributed by atoms with Crippen LogP contribution in [0.2, 0.25) is 0 Å². The van der Waals surface area contributed by atoms with Gasteiger partial charge in [-0.1, -0.05) is 25.5 Å². The van der Waals surface area contributed by atoms with Gasteiger partial charge in [-0.15, -0.1) is 0 Å². The van der Waals surface area contributed by atoms with Crippen LogP contribution >= 0.6 is 0 Å². The van der Waals surface area contributed by atoms with Gasteiger partial charge in [0.2, 0.25) is 0 Å². The number of anilines is 1. The largest absolute Gasteiger partial charge is 0.486 e. The zero-order valence-corrected chi connectivity index (χ0v) is 19.2. The highest BCUT2D eigenvalue weighted by Gasteiger charge is 2.64. The van der Waals surface area contributed by atoms with E-state index in [0.717, 1.165) is 18.4 Å². The summed E-state index contributed by atoms with van der Waals surface area (Å²) in [4.78, 5) is 25.2. The maximum absolute atomic E-state index is 13.2. The van der Waals surface area contributed by atoms with E-state index in [2.05, 4.69) is 13.8 Å². The number of ether oxygens (including phenoxy) is 1. The molecule has 3 fully saturated rings. The van der Waals surface area contributed by atoms with Crippen molar-refractivity contribution < 1.29 is 24.5 Å². The summed E-state index contributed by atoms with van der Waals surface area (Å²) in [5.74, 6) is 0.0410. The van der Waals surface area contributed by atoms with Crippen LogP contribution in [0.25, 0.3) is 0 Å². The van der Waals surface area contributed by atoms with Gasteiger partial charge in [0.05, 0.1) is 17.6 Å². The number of benzene rings is 1. The van der Waals surface area contributed by atoms with Crippen molar-refractivity contribution in [3.63, 3.8) is 0 Å². The molecule has 0 spiro atoms. The molecule has 2 unspecified atom stereocenters. The van der Waals surface area contributed by atoms with Crippen LogP contribution in [0.15, 0.2) is 48.1 Å². The lowest BCUT2D eigenvalue weighted by atomic mass is 9.47. The number of nitrogens with two attached hydrogens (primary N) is 1. The van der Waals surface area contributed by atoms with Gasteiger partial charge in [0, 0.05) is 23.4 Å². The molecule has 4 aliphatic rings. The summed E-state index contributed by atoms with van der Waals surface area (Å²) in [6.45, 7) is 4.13. The zero-order chi connectivity index (χ0) is 23.5. The molecule has 0 radical (unpaired) electrons. The molecule has 8 atom stereocenters. The predicted molar refractivity (Wildman–Crippen MR) is 124 cm³/mol. The van der Waals surface area contributed by atoms with Crippen molar-refractivity contribution in [2.75, 3.05) is 12.3 Å². The lowest BCUT2D eigenvalue weighted by molar-refractivity contribution is -0.176. The van der Waals surface area contributed by atoms with Gasteiger partial charge in [0.25, 0.3) is 0 Å². The van der Waals surface area contributed by atoms with Crippen LogP contribution < -0.4 is 10.5 Å². The number of Topliss-reactive ketones (excluding diaryl/α,β-unsaturated/α-hetero) is 1. The van der Waals surface area contributed by atoms with Crippen molar-refractivity contribution in [3.05, 3.63) is 48.1 Å². The first kappa shape index (κ1) is 22.4. The number of allylic oxidation sites excluding steroid dienone is 4. The number of carbonyl (C=O) groups is 2. The fourth-order valence-corrected chi connectivity index (χ4v) is 7.61. The van der Waals surface area contributed by atoms with E-state index in [0.29, 0.717) is 17.9 Å². The maximum Gasteiger partial charge on any atom is 0.178 e. The minimum Gasteiger partial charge on any atom is -0.486 e. The second kappa shape index (κ2) is 7.81. The quantitative estimate of drug-likeness (QED) is 0.607. The van der Waals surface area contributed by atoms with Crippen molar-refractivity contribution in [2.24, 2.45) is 35.0 Å². The van der Waals surface area contributed by atoms with E-state index < -0.39 is 23.0 Å². The fraction of sp³-hybridized carbons (Fsp3) is 0.556. The Bertz CT molecular complexity index is 1030. The molecule has 0 heterocycles. The second-order valence-corrected chi connectivity index (χ2v) is 10.8. The maximum atomic E-state index is 13.2. The molecule has 0 aromatic heterocycles. The highest BCUT2D eigenvalue weighted by atomic mass is 16.5. The van der Waals surface area contributed by atoms with Crippen molar-refractivity contribution in [1.82, 2.24) is 0 Å². The van der Waals surface area contributed by atoms with E-state index in [4.69, 9.17) is 10.5 Å². The zero-order valence-electron chi connectivity index (χ0n) is 19.2. The number of carbonyl (C=O) groups excluding carboxylic acids is 2. The molecule has 1 aromatic rings. The Morgan fingerprint density at radius 2 is 1.97 bits per heavy atom. The van der Waals surface area contributed by atoms with Gasteiger partial charge in [-0.05, 0) is 73.4 Å². The van der Waals surface area contributed by atoms with Crippen LogP contribution in [0.3, 0.4) is 0 Å². The molecule has 6 nitrogen and oxygen atoms in total. The van der Waals surface area contributed by atoms with E-state index in [9.17, 15) is 19.8 Å². The number of aliphatic hydroxyl groups is 2. The average Bonchev–Trinajstić information content (AvgIpc) is 3.11. The lowest BCUT2D eigenvalue weighted by Gasteiger charge is -2.59. The molecule has 176 valence electrons. The summed E-state index contributed by atoms with van der Waals surface area (Å²) >= 11 is 0. The Labute approximate surface area is 194 Å². The Morgan fingerprint density at radius 3 is 2.70 bits per heavy atom. The number of rotatable bonds is 4. The predicted octanol–water partition coefficient (Wildman–Crippen LogP) is 3.08. The summed E-state index contributed by atoms with van der Waals surface area (Å²) in [7, 11) is 0. The van der Waals surface area contributed by atoms with Crippen LogP contribution in [0, 0.1) is 35.0 Å². The van der Waals surface area contributed by atoms with Crippen molar-refractivity contribution in [3.8, 4) is 5.75 Å². The normalized spacial score (nSPS) is 41.6. The van der Waals surface area contributed by atoms with Gasteiger partial charge in [-0.25, -0.2) is 0 Å². The van der Waals surface area contributed by atoms with E-state index in [1.165, 1.54) is 0 Å². The van der Waals surface area contributed by atoms with Gasteiger partial charge in [0.15, 0.2) is 11.6 Å². The van der Waals surface area contributed by atoms with Crippen LogP contribution in [0.4, 0.5) is 5.69 Å². The third-order valence-corrected chi connectivity index (χ3v) is 8.95. The van der Waals surface area contributed by atoms with Crippen LogP contribution in [-0.4, -0.2) is 40.1 Å². The third kappa shape index (κ3) is 3.46. The first-order chi connectivity index (χ1) is 15.6. The van der Waals surface area contributed by atoms with Crippen molar-refractivity contribution in [1.29, 1.82) is 0 Å². The number of aliphatic hydroxyl groups excluding tert-OH is 1. The van der Waals surface area contributed by atoms with Gasteiger partial charge in [-0.2, -0.15) is 0 Å². The van der Waals surface area contributed by atoms with Gasteiger partial charge in [-0.3, -0.25) is 9.59 Å². The Kier molecular flexibility index (Phi) is 5.29. The molecule has 5 rings (SSSR count). The highest BCUT2D eigenvalue weighted by molar-refractivity contribution is 6.01. The summed E-state index contributed by atoms with van der Waals surface area (Å²) in [5.41, 5.74) is 5.78. The molecule has 1 aromatic carbocycles. The van der Waals surface area contributed by atoms with Crippen LogP contribution in [-0.2, 0) is 9.59 Å². The summed E-state index contributed by atoms with van der Waals surface area (Å²) in [5, 5.41) is 23.2. The standard InChI is InChI=1S/C27H33NO5/c1-15-11-19-20-7-8-21(24(31)14-33-18-5-3-16(28)4-6-18)27(20,32)13-23(30)25(19)26(2)10-9-17(29)12-22(15)26/h3-6,9-10,12,15,19-21,23,25,30,32H,7-8,11,13-14,28H2,1-2H3/t15-,19-,20?,21+,23-,25?,26-,27+/m0/s1. The number of nitrogen functional groups attached to an aromatic ring is 1. The van der Waals surface area contributed by atoms with Crippen molar-refractivity contribution >= 4 is 17.3 Å². The van der Waals surface area contributed by atoms with Crippen molar-refractivity contribution in [2.45, 2.75) is 51.2 Å². The Hall–Kier alpha value is -2.44. The van der Waals surface area contributed by atoms with E-state index in [1.54, 1.807) is 36.4 Å². The molecule has 33 heavy (non-hydrogen) atoms.